The van der Waals surface area contributed by atoms with Gasteiger partial charge in [0.2, 0.25) is 15.9 Å². The number of nitrogens with one attached hydrogen (secondary N) is 1. The molecule has 2 rings (SSSR count). The zero-order chi connectivity index (χ0) is 22.9. The Bertz CT molecular complexity index is 970. The maximum atomic E-state index is 12.4. The molecule has 1 atom stereocenters. The lowest BCUT2D eigenvalue weighted by Gasteiger charge is -2.14. The van der Waals surface area contributed by atoms with Crippen molar-refractivity contribution in [1.82, 2.24) is 5.32 Å². The van der Waals surface area contributed by atoms with Crippen LogP contribution in [0.3, 0.4) is 0 Å². The molecule has 2 aromatic rings. The normalized spacial score (nSPS) is 12.2. The van der Waals surface area contributed by atoms with E-state index in [0.29, 0.717) is 12.2 Å². The highest BCUT2D eigenvalue weighted by Gasteiger charge is 2.14. The highest BCUT2D eigenvalue weighted by atomic mass is 32.2. The van der Waals surface area contributed by atoms with Gasteiger partial charge in [-0.25, -0.2) is 13.6 Å². The minimum atomic E-state index is -3.76. The zero-order valence-electron chi connectivity index (χ0n) is 18.0. The maximum absolute atomic E-state index is 12.4. The largest absolute Gasteiger partial charge is 0.494 e. The lowest BCUT2D eigenvalue weighted by molar-refractivity contribution is -0.121. The first kappa shape index (κ1) is 24.6. The fourth-order valence-corrected chi connectivity index (χ4v) is 3.51. The second kappa shape index (κ2) is 11.6. The second-order valence-electron chi connectivity index (χ2n) is 7.41. The number of benzene rings is 2. The number of unbranched alkanes of at least 4 members (excludes halogenated alkanes) is 2. The number of ketones is 1. The van der Waals surface area contributed by atoms with Crippen molar-refractivity contribution in [3.8, 4) is 5.75 Å². The first-order valence-electron chi connectivity index (χ1n) is 10.4. The molecule has 0 unspecified atom stereocenters. The third kappa shape index (κ3) is 8.15. The van der Waals surface area contributed by atoms with Crippen LogP contribution in [0.15, 0.2) is 53.4 Å². The van der Waals surface area contributed by atoms with E-state index in [4.69, 9.17) is 9.88 Å². The number of carbonyl (C=O) groups is 2. The smallest absolute Gasteiger partial charge is 0.238 e. The van der Waals surface area contributed by atoms with E-state index >= 15 is 0 Å². The fraction of sp³-hybridized carbons (Fsp3) is 0.391. The molecule has 3 N–H and O–H groups in total. The van der Waals surface area contributed by atoms with Crippen LogP contribution in [0.1, 0.15) is 67.9 Å². The number of carbonyl (C=O) groups excluding carboxylic acids is 2. The Morgan fingerprint density at radius 1 is 1.00 bits per heavy atom. The quantitative estimate of drug-likeness (QED) is 0.381. The van der Waals surface area contributed by atoms with E-state index in [9.17, 15) is 18.0 Å². The van der Waals surface area contributed by atoms with Crippen LogP contribution < -0.4 is 15.2 Å². The van der Waals surface area contributed by atoms with Crippen LogP contribution >= 0.6 is 0 Å². The van der Waals surface area contributed by atoms with Crippen LogP contribution in [0.2, 0.25) is 0 Å². The highest BCUT2D eigenvalue weighted by Crippen LogP contribution is 2.17. The number of amides is 1. The number of ether oxygens (including phenoxy) is 1. The molecule has 0 saturated carbocycles. The molecule has 0 spiro atoms. The van der Waals surface area contributed by atoms with Gasteiger partial charge in [0.15, 0.2) is 5.78 Å². The van der Waals surface area contributed by atoms with Crippen molar-refractivity contribution >= 4 is 21.7 Å². The number of primary sulfonamides is 1. The van der Waals surface area contributed by atoms with Gasteiger partial charge in [-0.3, -0.25) is 9.59 Å². The van der Waals surface area contributed by atoms with Gasteiger partial charge in [-0.15, -0.1) is 0 Å². The summed E-state index contributed by atoms with van der Waals surface area (Å²) in [5.74, 6) is 0.359. The molecule has 0 aliphatic carbocycles. The molecule has 8 heteroatoms. The molecule has 0 bridgehead atoms. The van der Waals surface area contributed by atoms with Gasteiger partial charge in [-0.05, 0) is 55.3 Å². The van der Waals surface area contributed by atoms with E-state index in [2.05, 4.69) is 12.2 Å². The summed E-state index contributed by atoms with van der Waals surface area (Å²) in [7, 11) is -3.76. The van der Waals surface area contributed by atoms with Crippen LogP contribution in [0.5, 0.6) is 5.75 Å². The first-order valence-corrected chi connectivity index (χ1v) is 11.9. The van der Waals surface area contributed by atoms with Gasteiger partial charge in [0.25, 0.3) is 0 Å². The molecule has 0 fully saturated rings. The van der Waals surface area contributed by atoms with Gasteiger partial charge >= 0.3 is 0 Å². The van der Waals surface area contributed by atoms with Gasteiger partial charge < -0.3 is 10.1 Å². The number of Topliss-reactive ketones (excluding diaryl/α,β-unsaturated/α-hetero) is 1. The zero-order valence-corrected chi connectivity index (χ0v) is 18.8. The summed E-state index contributed by atoms with van der Waals surface area (Å²) >= 11 is 0. The molecule has 7 nitrogen and oxygen atoms in total. The van der Waals surface area contributed by atoms with Crippen molar-refractivity contribution in [1.29, 1.82) is 0 Å². The van der Waals surface area contributed by atoms with Gasteiger partial charge in [-0.2, -0.15) is 0 Å². The predicted octanol–water partition coefficient (Wildman–Crippen LogP) is 3.74. The van der Waals surface area contributed by atoms with Gasteiger partial charge in [-0.1, -0.05) is 31.9 Å². The van der Waals surface area contributed by atoms with E-state index in [0.717, 1.165) is 30.6 Å². The molecule has 0 heterocycles. The van der Waals surface area contributed by atoms with Crippen molar-refractivity contribution in [3.05, 3.63) is 59.7 Å². The van der Waals surface area contributed by atoms with Crippen molar-refractivity contribution in [2.24, 2.45) is 5.14 Å². The van der Waals surface area contributed by atoms with E-state index < -0.39 is 10.0 Å². The molecule has 0 radical (unpaired) electrons. The van der Waals surface area contributed by atoms with Crippen LogP contribution in [0.4, 0.5) is 0 Å². The van der Waals surface area contributed by atoms with E-state index in [1.807, 2.05) is 0 Å². The topological polar surface area (TPSA) is 116 Å². The highest BCUT2D eigenvalue weighted by molar-refractivity contribution is 7.89. The molecule has 1 amide bonds. The molecule has 0 aliphatic rings. The first-order chi connectivity index (χ1) is 14.7. The lowest BCUT2D eigenvalue weighted by atomic mass is 10.1. The average Bonchev–Trinajstić information content (AvgIpc) is 2.75. The summed E-state index contributed by atoms with van der Waals surface area (Å²) < 4.78 is 28.3. The van der Waals surface area contributed by atoms with Crippen molar-refractivity contribution in [2.75, 3.05) is 6.61 Å². The van der Waals surface area contributed by atoms with E-state index in [1.54, 1.807) is 43.3 Å². The minimum absolute atomic E-state index is 0.0118. The van der Waals surface area contributed by atoms with Crippen LogP contribution in [0.25, 0.3) is 0 Å². The number of nitrogens with two attached hydrogens (primary N) is 1. The molecular formula is C23H30N2O5S. The Morgan fingerprint density at radius 3 is 2.23 bits per heavy atom. The Labute approximate surface area is 184 Å². The van der Waals surface area contributed by atoms with E-state index in [1.165, 1.54) is 12.1 Å². The molecule has 2 aromatic carbocycles. The van der Waals surface area contributed by atoms with Crippen LogP contribution in [-0.4, -0.2) is 26.7 Å². The predicted molar refractivity (Wildman–Crippen MR) is 119 cm³/mol. The van der Waals surface area contributed by atoms with Gasteiger partial charge in [0.1, 0.15) is 5.75 Å². The molecular weight excluding hydrogens is 416 g/mol. The maximum Gasteiger partial charge on any atom is 0.238 e. The summed E-state index contributed by atoms with van der Waals surface area (Å²) in [6.45, 7) is 4.57. The van der Waals surface area contributed by atoms with Crippen molar-refractivity contribution in [2.45, 2.75) is 56.9 Å². The number of sulfonamides is 1. The standard InChI is InChI=1S/C23H30N2O5S/c1-3-4-5-16-30-20-10-6-19(7-11-20)22(26)14-15-23(27)25-17(2)18-8-12-21(13-9-18)31(24,28)29/h6-13,17H,3-5,14-16H2,1-2H3,(H,25,27)(H2,24,28,29)/t17-/m0/s1. The monoisotopic (exact) mass is 446 g/mol. The Kier molecular flexibility index (Phi) is 9.21. The fourth-order valence-electron chi connectivity index (χ4n) is 2.99. The summed E-state index contributed by atoms with van der Waals surface area (Å²) in [5.41, 5.74) is 1.28. The third-order valence-electron chi connectivity index (χ3n) is 4.86. The third-order valence-corrected chi connectivity index (χ3v) is 5.79. The number of hydrogen-bond acceptors (Lipinski definition) is 5. The summed E-state index contributed by atoms with van der Waals surface area (Å²) in [5, 5.41) is 7.90. The number of rotatable bonds is 12. The SMILES string of the molecule is CCCCCOc1ccc(C(=O)CCC(=O)N[C@@H](C)c2ccc(S(N)(=O)=O)cc2)cc1. The second-order valence-corrected chi connectivity index (χ2v) is 8.97. The number of hydrogen-bond donors (Lipinski definition) is 2. The molecule has 0 saturated heterocycles. The van der Waals surface area contributed by atoms with Crippen LogP contribution in [-0.2, 0) is 14.8 Å². The average molecular weight is 447 g/mol. The lowest BCUT2D eigenvalue weighted by Crippen LogP contribution is -2.27. The molecule has 31 heavy (non-hydrogen) atoms. The van der Waals surface area contributed by atoms with E-state index in [-0.39, 0.29) is 35.5 Å². The minimum Gasteiger partial charge on any atom is -0.494 e. The van der Waals surface area contributed by atoms with Gasteiger partial charge in [0.05, 0.1) is 17.5 Å². The van der Waals surface area contributed by atoms with Gasteiger partial charge in [0, 0.05) is 18.4 Å². The Hall–Kier alpha value is -2.71. The molecule has 168 valence electrons. The van der Waals surface area contributed by atoms with Crippen molar-refractivity contribution < 1.29 is 22.7 Å². The molecule has 0 aliphatic heterocycles. The summed E-state index contributed by atoms with van der Waals surface area (Å²) in [6, 6.07) is 12.6. The Balaban J connectivity index is 1.80. The Morgan fingerprint density at radius 2 is 1.65 bits per heavy atom. The van der Waals surface area contributed by atoms with Crippen molar-refractivity contribution in [3.63, 3.8) is 0 Å². The molecule has 0 aromatic heterocycles. The summed E-state index contributed by atoms with van der Waals surface area (Å²) in [4.78, 5) is 24.6. The summed E-state index contributed by atoms with van der Waals surface area (Å²) in [6.07, 6.45) is 3.42. The van der Waals surface area contributed by atoms with Crippen LogP contribution in [0, 0.1) is 0 Å².